The molecule has 0 spiro atoms. The Morgan fingerprint density at radius 1 is 1.36 bits per heavy atom. The molecule has 2 heteroatoms. The fraction of sp³-hybridized carbons (Fsp3) is 0.556. The van der Waals surface area contributed by atoms with Crippen molar-refractivity contribution in [2.75, 3.05) is 0 Å². The second kappa shape index (κ2) is 3.34. The molecule has 0 unspecified atom stereocenters. The topological polar surface area (TPSA) is 34.1 Å². The Morgan fingerprint density at radius 2 is 1.91 bits per heavy atom. The Bertz CT molecular complexity index is 206. The number of carbonyl (C=O) groups is 2. The number of hydrogen-bond donors (Lipinski definition) is 0. The number of Topliss-reactive ketones (excluding diaryl/α,β-unsaturated/α-hetero) is 2. The molecule has 0 bridgehead atoms. The van der Waals surface area contributed by atoms with Gasteiger partial charge in [0.15, 0.2) is 0 Å². The van der Waals surface area contributed by atoms with E-state index in [0.29, 0.717) is 19.3 Å². The van der Waals surface area contributed by atoms with Crippen molar-refractivity contribution < 1.29 is 9.59 Å². The molecule has 1 fully saturated rings. The third kappa shape index (κ3) is 1.68. The van der Waals surface area contributed by atoms with E-state index in [9.17, 15) is 9.59 Å². The molecule has 0 aromatic rings. The molecular weight excluding hydrogens is 140 g/mol. The lowest BCUT2D eigenvalue weighted by Gasteiger charge is -2.16. The molecule has 0 amide bonds. The highest BCUT2D eigenvalue weighted by atomic mass is 16.2. The predicted molar refractivity (Wildman–Crippen MR) is 40.8 cm³/mol. The van der Waals surface area contributed by atoms with Gasteiger partial charge >= 0.3 is 0 Å². The molecule has 1 rings (SSSR count). The number of ketones is 2. The van der Waals surface area contributed by atoms with Crippen molar-refractivity contribution in [3.05, 3.63) is 0 Å². The number of rotatable bonds is 1. The van der Waals surface area contributed by atoms with Gasteiger partial charge in [0.25, 0.3) is 0 Å². The molecule has 0 N–H and O–H groups in total. The van der Waals surface area contributed by atoms with Gasteiger partial charge < -0.3 is 0 Å². The Morgan fingerprint density at radius 3 is 2.36 bits per heavy atom. The first kappa shape index (κ1) is 8.00. The van der Waals surface area contributed by atoms with Crippen LogP contribution < -0.4 is 0 Å². The second-order valence-electron chi connectivity index (χ2n) is 2.75. The normalized spacial score (nSPS) is 19.9. The number of hydrogen-bond acceptors (Lipinski definition) is 2. The highest BCUT2D eigenvalue weighted by Crippen LogP contribution is 2.19. The molecule has 0 aromatic carbocycles. The number of terminal acetylenes is 1. The summed E-state index contributed by atoms with van der Waals surface area (Å²) in [7, 11) is 0. The lowest BCUT2D eigenvalue weighted by Crippen LogP contribution is -2.27. The van der Waals surface area contributed by atoms with Crippen LogP contribution in [0.25, 0.3) is 0 Å². The Labute approximate surface area is 66.0 Å². The van der Waals surface area contributed by atoms with Crippen LogP contribution in [0.15, 0.2) is 0 Å². The average Bonchev–Trinajstić information content (AvgIpc) is 1.97. The third-order valence-electron chi connectivity index (χ3n) is 1.95. The maximum atomic E-state index is 11.1. The molecule has 0 saturated heterocycles. The maximum absolute atomic E-state index is 11.1. The molecule has 58 valence electrons. The van der Waals surface area contributed by atoms with Crippen LogP contribution in [0.1, 0.15) is 25.7 Å². The third-order valence-corrected chi connectivity index (χ3v) is 1.95. The van der Waals surface area contributed by atoms with Gasteiger partial charge in [-0.05, 0) is 6.42 Å². The summed E-state index contributed by atoms with van der Waals surface area (Å²) in [6.07, 6.45) is 7.08. The van der Waals surface area contributed by atoms with Crippen LogP contribution >= 0.6 is 0 Å². The van der Waals surface area contributed by atoms with Gasteiger partial charge in [-0.1, -0.05) is 0 Å². The molecule has 0 radical (unpaired) electrons. The monoisotopic (exact) mass is 150 g/mol. The predicted octanol–water partition coefficient (Wildman–Crippen LogP) is 0.948. The van der Waals surface area contributed by atoms with Crippen LogP contribution in [-0.2, 0) is 9.59 Å². The van der Waals surface area contributed by atoms with Gasteiger partial charge in [-0.2, -0.15) is 0 Å². The zero-order chi connectivity index (χ0) is 8.27. The minimum absolute atomic E-state index is 0.0270. The van der Waals surface area contributed by atoms with Gasteiger partial charge in [-0.15, -0.1) is 12.3 Å². The summed E-state index contributed by atoms with van der Waals surface area (Å²) < 4.78 is 0. The van der Waals surface area contributed by atoms with Gasteiger partial charge in [-0.25, -0.2) is 0 Å². The van der Waals surface area contributed by atoms with Crippen LogP contribution in [-0.4, -0.2) is 11.6 Å². The largest absolute Gasteiger partial charge is 0.299 e. The van der Waals surface area contributed by atoms with Gasteiger partial charge in [0.1, 0.15) is 11.6 Å². The second-order valence-corrected chi connectivity index (χ2v) is 2.75. The van der Waals surface area contributed by atoms with Crippen LogP contribution in [0.2, 0.25) is 0 Å². The van der Waals surface area contributed by atoms with E-state index < -0.39 is 5.92 Å². The fourth-order valence-corrected chi connectivity index (χ4v) is 1.31. The van der Waals surface area contributed by atoms with E-state index in [4.69, 9.17) is 6.42 Å². The van der Waals surface area contributed by atoms with Gasteiger partial charge in [0.2, 0.25) is 0 Å². The summed E-state index contributed by atoms with van der Waals surface area (Å²) in [4.78, 5) is 22.2. The summed E-state index contributed by atoms with van der Waals surface area (Å²) in [5.74, 6) is 1.93. The highest BCUT2D eigenvalue weighted by molar-refractivity contribution is 6.04. The average molecular weight is 150 g/mol. The molecule has 2 nitrogen and oxygen atoms in total. The first-order valence-corrected chi connectivity index (χ1v) is 3.74. The van der Waals surface area contributed by atoms with Crippen LogP contribution in [0.3, 0.4) is 0 Å². The molecule has 1 saturated carbocycles. The molecule has 0 atom stereocenters. The molecule has 11 heavy (non-hydrogen) atoms. The van der Waals surface area contributed by atoms with Crippen molar-refractivity contribution in [2.45, 2.75) is 25.7 Å². The van der Waals surface area contributed by atoms with Crippen LogP contribution in [0.5, 0.6) is 0 Å². The first-order valence-electron chi connectivity index (χ1n) is 3.74. The lowest BCUT2D eigenvalue weighted by atomic mass is 9.85. The fourth-order valence-electron chi connectivity index (χ4n) is 1.31. The Hall–Kier alpha value is -1.10. The maximum Gasteiger partial charge on any atom is 0.144 e. The van der Waals surface area contributed by atoms with Gasteiger partial charge in [0.05, 0.1) is 5.92 Å². The Balaban J connectivity index is 2.64. The zero-order valence-corrected chi connectivity index (χ0v) is 6.30. The summed E-state index contributed by atoms with van der Waals surface area (Å²) in [5, 5.41) is 0. The van der Waals surface area contributed by atoms with Crippen molar-refractivity contribution in [3.63, 3.8) is 0 Å². The molecule has 1 aliphatic rings. The van der Waals surface area contributed by atoms with Gasteiger partial charge in [-0.3, -0.25) is 9.59 Å². The standard InChI is InChI=1S/C9H10O2/c1-2-4-7-8(10)5-3-6-9(7)11/h1,7H,3-6H2. The van der Waals surface area contributed by atoms with E-state index in [-0.39, 0.29) is 18.0 Å². The smallest absolute Gasteiger partial charge is 0.144 e. The summed E-state index contributed by atoms with van der Waals surface area (Å²) >= 11 is 0. The molecule has 1 aliphatic carbocycles. The minimum atomic E-state index is -0.478. The van der Waals surface area contributed by atoms with Gasteiger partial charge in [0, 0.05) is 19.3 Å². The lowest BCUT2D eigenvalue weighted by molar-refractivity contribution is -0.135. The molecular formula is C9H10O2. The Kier molecular flexibility index (Phi) is 2.43. The van der Waals surface area contributed by atoms with Crippen molar-refractivity contribution >= 4 is 11.6 Å². The van der Waals surface area contributed by atoms with E-state index in [1.54, 1.807) is 0 Å². The molecule has 0 aromatic heterocycles. The van der Waals surface area contributed by atoms with Crippen molar-refractivity contribution in [1.82, 2.24) is 0 Å². The van der Waals surface area contributed by atoms with E-state index >= 15 is 0 Å². The van der Waals surface area contributed by atoms with Crippen molar-refractivity contribution in [3.8, 4) is 12.3 Å². The SMILES string of the molecule is C#CCC1C(=O)CCCC1=O. The quantitative estimate of drug-likeness (QED) is 0.412. The molecule has 0 heterocycles. The van der Waals surface area contributed by atoms with Crippen molar-refractivity contribution in [2.24, 2.45) is 5.92 Å². The summed E-state index contributed by atoms with van der Waals surface area (Å²) in [5.41, 5.74) is 0. The molecule has 0 aliphatic heterocycles. The number of carbonyl (C=O) groups excluding carboxylic acids is 2. The van der Waals surface area contributed by atoms with Crippen molar-refractivity contribution in [1.29, 1.82) is 0 Å². The van der Waals surface area contributed by atoms with E-state index in [0.717, 1.165) is 0 Å². The van der Waals surface area contributed by atoms with Crippen LogP contribution in [0.4, 0.5) is 0 Å². The highest BCUT2D eigenvalue weighted by Gasteiger charge is 2.28. The van der Waals surface area contributed by atoms with E-state index in [1.165, 1.54) is 0 Å². The van der Waals surface area contributed by atoms with E-state index in [1.807, 2.05) is 0 Å². The van der Waals surface area contributed by atoms with Crippen LogP contribution in [0, 0.1) is 18.3 Å². The first-order chi connectivity index (χ1) is 5.25. The minimum Gasteiger partial charge on any atom is -0.299 e. The van der Waals surface area contributed by atoms with E-state index in [2.05, 4.69) is 5.92 Å². The zero-order valence-electron chi connectivity index (χ0n) is 6.30. The summed E-state index contributed by atoms with van der Waals surface area (Å²) in [6.45, 7) is 0. The summed E-state index contributed by atoms with van der Waals surface area (Å²) in [6, 6.07) is 0.